The second-order valence-corrected chi connectivity index (χ2v) is 14.7. The van der Waals surface area contributed by atoms with Gasteiger partial charge in [-0.15, -0.1) is 0 Å². The van der Waals surface area contributed by atoms with Crippen LogP contribution < -0.4 is 0 Å². The fourth-order valence-electron chi connectivity index (χ4n) is 6.72. The van der Waals surface area contributed by atoms with E-state index in [9.17, 15) is 14.7 Å². The van der Waals surface area contributed by atoms with E-state index in [1.807, 2.05) is 0 Å². The average molecular weight is 698 g/mol. The van der Waals surface area contributed by atoms with Crippen molar-refractivity contribution in [2.24, 2.45) is 11.8 Å². The minimum Gasteiger partial charge on any atom is -0.465 e. The highest BCUT2D eigenvalue weighted by Crippen LogP contribution is 2.21. The van der Waals surface area contributed by atoms with Crippen LogP contribution in [0, 0.1) is 11.8 Å². The molecule has 2 unspecified atom stereocenters. The third-order valence-electron chi connectivity index (χ3n) is 9.96. The summed E-state index contributed by atoms with van der Waals surface area (Å²) >= 11 is 0. The second kappa shape index (κ2) is 32.7. The average Bonchev–Trinajstić information content (AvgIpc) is 3.50. The third-order valence-corrected chi connectivity index (χ3v) is 9.96. The van der Waals surface area contributed by atoms with Gasteiger partial charge in [-0.05, 0) is 69.6 Å². The molecule has 8 heteroatoms. The second-order valence-electron chi connectivity index (χ2n) is 14.7. The van der Waals surface area contributed by atoms with Crippen molar-refractivity contribution in [3.05, 3.63) is 0 Å². The number of carbonyl (C=O) groups excluding carboxylic acids is 2. The molecule has 0 aromatic carbocycles. The highest BCUT2D eigenvalue weighted by molar-refractivity contribution is 5.69. The monoisotopic (exact) mass is 698 g/mol. The van der Waals surface area contributed by atoms with Gasteiger partial charge in [0.25, 0.3) is 0 Å². The fourth-order valence-corrected chi connectivity index (χ4v) is 6.72. The molecule has 1 fully saturated rings. The number of unbranched alkanes of at least 4 members (excludes halogenated alkanes) is 10. The van der Waals surface area contributed by atoms with E-state index in [2.05, 4.69) is 32.6 Å². The van der Waals surface area contributed by atoms with Gasteiger partial charge < -0.3 is 24.1 Å². The zero-order chi connectivity index (χ0) is 35.8. The minimum absolute atomic E-state index is 0.0278. The number of aliphatic hydroxyl groups is 1. The molecule has 49 heavy (non-hydrogen) atoms. The van der Waals surface area contributed by atoms with Gasteiger partial charge in [-0.25, -0.2) is 0 Å². The highest BCUT2D eigenvalue weighted by atomic mass is 16.5. The Morgan fingerprint density at radius 1 is 0.571 bits per heavy atom. The summed E-state index contributed by atoms with van der Waals surface area (Å²) in [5.41, 5.74) is 0. The first-order chi connectivity index (χ1) is 24.0. The lowest BCUT2D eigenvalue weighted by Gasteiger charge is -2.20. The summed E-state index contributed by atoms with van der Waals surface area (Å²) in [5.74, 6) is 0.803. The fraction of sp³-hybridized carbons (Fsp3) is 0.951. The number of carbonyl (C=O) groups is 2. The summed E-state index contributed by atoms with van der Waals surface area (Å²) < 4.78 is 23.9. The molecule has 0 radical (unpaired) electrons. The molecule has 290 valence electrons. The van der Waals surface area contributed by atoms with Crippen LogP contribution in [0.5, 0.6) is 0 Å². The number of hydrogen-bond acceptors (Lipinski definition) is 8. The molecule has 0 saturated carbocycles. The number of aliphatic hydroxyl groups excluding tert-OH is 1. The van der Waals surface area contributed by atoms with Crippen molar-refractivity contribution in [2.45, 2.75) is 188 Å². The van der Waals surface area contributed by atoms with E-state index in [0.29, 0.717) is 51.1 Å². The van der Waals surface area contributed by atoms with Crippen LogP contribution in [0.4, 0.5) is 0 Å². The van der Waals surface area contributed by atoms with Gasteiger partial charge in [-0.2, -0.15) is 0 Å². The molecule has 1 aliphatic rings. The molecule has 0 aromatic rings. The lowest BCUT2D eigenvalue weighted by molar-refractivity contribution is -0.146. The van der Waals surface area contributed by atoms with Crippen molar-refractivity contribution in [1.82, 2.24) is 4.90 Å². The molecule has 1 aliphatic heterocycles. The maximum atomic E-state index is 12.4. The van der Waals surface area contributed by atoms with Crippen LogP contribution in [0.2, 0.25) is 0 Å². The summed E-state index contributed by atoms with van der Waals surface area (Å²) in [4.78, 5) is 27.2. The molecular weight excluding hydrogens is 618 g/mol. The van der Waals surface area contributed by atoms with E-state index in [1.165, 1.54) is 77.0 Å². The first kappa shape index (κ1) is 45.8. The van der Waals surface area contributed by atoms with E-state index in [0.717, 1.165) is 77.4 Å². The minimum atomic E-state index is -0.0880. The lowest BCUT2D eigenvalue weighted by Crippen LogP contribution is -2.30. The Bertz CT molecular complexity index is 708. The van der Waals surface area contributed by atoms with Gasteiger partial charge in [0.1, 0.15) is 0 Å². The number of hydrogen-bond donors (Lipinski definition) is 1. The smallest absolute Gasteiger partial charge is 0.305 e. The Morgan fingerprint density at radius 2 is 1.00 bits per heavy atom. The quantitative estimate of drug-likeness (QED) is 0.0517. The first-order valence-corrected chi connectivity index (χ1v) is 20.8. The van der Waals surface area contributed by atoms with Crippen molar-refractivity contribution >= 4 is 11.9 Å². The number of nitrogens with zero attached hydrogens (tertiary/aromatic N) is 1. The number of ether oxygens (including phenoxy) is 4. The molecule has 8 nitrogen and oxygen atoms in total. The first-order valence-electron chi connectivity index (χ1n) is 20.8. The van der Waals surface area contributed by atoms with Crippen LogP contribution in [-0.2, 0) is 28.5 Å². The van der Waals surface area contributed by atoms with Gasteiger partial charge >= 0.3 is 11.9 Å². The molecule has 0 aromatic heterocycles. The summed E-state index contributed by atoms with van der Waals surface area (Å²) in [7, 11) is 0. The summed E-state index contributed by atoms with van der Waals surface area (Å²) in [5, 5.41) is 9.31. The van der Waals surface area contributed by atoms with E-state index in [4.69, 9.17) is 18.9 Å². The van der Waals surface area contributed by atoms with Crippen LogP contribution in [0.3, 0.4) is 0 Å². The molecular formula is C41H79NO7. The van der Waals surface area contributed by atoms with Gasteiger partial charge in [0, 0.05) is 52.3 Å². The van der Waals surface area contributed by atoms with Gasteiger partial charge in [0.2, 0.25) is 0 Å². The van der Waals surface area contributed by atoms with E-state index in [-0.39, 0.29) is 30.8 Å². The van der Waals surface area contributed by atoms with Crippen LogP contribution in [0.15, 0.2) is 0 Å². The van der Waals surface area contributed by atoms with Gasteiger partial charge in [-0.3, -0.25) is 14.5 Å². The maximum absolute atomic E-state index is 12.4. The van der Waals surface area contributed by atoms with E-state index < -0.39 is 0 Å². The molecule has 0 bridgehead atoms. The molecule has 4 atom stereocenters. The van der Waals surface area contributed by atoms with Crippen molar-refractivity contribution in [1.29, 1.82) is 0 Å². The zero-order valence-corrected chi connectivity index (χ0v) is 32.6. The van der Waals surface area contributed by atoms with Gasteiger partial charge in [-0.1, -0.05) is 105 Å². The summed E-state index contributed by atoms with van der Waals surface area (Å²) in [6.07, 6.45) is 24.1. The summed E-state index contributed by atoms with van der Waals surface area (Å²) in [6, 6.07) is 0. The van der Waals surface area contributed by atoms with Gasteiger partial charge in [0.15, 0.2) is 0 Å². The molecule has 1 saturated heterocycles. The van der Waals surface area contributed by atoms with Crippen LogP contribution in [-0.4, -0.2) is 86.8 Å². The topological polar surface area (TPSA) is 94.5 Å². The van der Waals surface area contributed by atoms with Crippen LogP contribution in [0.1, 0.15) is 175 Å². The van der Waals surface area contributed by atoms with Gasteiger partial charge in [0.05, 0.1) is 25.4 Å². The van der Waals surface area contributed by atoms with Crippen molar-refractivity contribution in [2.75, 3.05) is 52.7 Å². The maximum Gasteiger partial charge on any atom is 0.305 e. The normalized spacial score (nSPS) is 17.7. The van der Waals surface area contributed by atoms with E-state index in [1.54, 1.807) is 0 Å². The Balaban J connectivity index is 2.33. The molecule has 1 rings (SSSR count). The summed E-state index contributed by atoms with van der Waals surface area (Å²) in [6.45, 7) is 13.8. The Labute approximate surface area is 302 Å². The lowest BCUT2D eigenvalue weighted by atomic mass is 9.96. The highest BCUT2D eigenvalue weighted by Gasteiger charge is 2.33. The molecule has 1 heterocycles. The van der Waals surface area contributed by atoms with Crippen LogP contribution >= 0.6 is 0 Å². The molecule has 0 aliphatic carbocycles. The number of rotatable bonds is 35. The largest absolute Gasteiger partial charge is 0.465 e. The van der Waals surface area contributed by atoms with Crippen molar-refractivity contribution in [3.8, 4) is 0 Å². The van der Waals surface area contributed by atoms with Crippen LogP contribution in [0.25, 0.3) is 0 Å². The number of esters is 2. The third kappa shape index (κ3) is 25.4. The molecule has 1 N–H and O–H groups in total. The Morgan fingerprint density at radius 3 is 1.41 bits per heavy atom. The van der Waals surface area contributed by atoms with E-state index >= 15 is 0 Å². The van der Waals surface area contributed by atoms with Crippen molar-refractivity contribution < 1.29 is 33.6 Å². The molecule has 0 amide bonds. The predicted octanol–water partition coefficient (Wildman–Crippen LogP) is 9.44. The zero-order valence-electron chi connectivity index (χ0n) is 32.6. The van der Waals surface area contributed by atoms with Crippen molar-refractivity contribution in [3.63, 3.8) is 0 Å². The number of likely N-dealkylation sites (tertiary alicyclic amines) is 1. The Kier molecular flexibility index (Phi) is 30.5. The predicted molar refractivity (Wildman–Crippen MR) is 201 cm³/mol. The Hall–Kier alpha value is -1.22. The molecule has 0 spiro atoms. The SMILES string of the molecule is CCCCCCC(CCCC)COC(=O)CCCCO[C@H]1CN(CCCO)C[C@H]1OCCCCC(=O)OCC(CCCC)CCCCCC. The standard InChI is InChI=1S/C41H79NO7/c1-5-9-13-15-24-36(22-11-7-3)34-48-40(44)26-17-19-30-46-38-32-42(28-21-29-43)33-39(38)47-31-20-18-27-41(45)49-35-37(23-12-8-4)25-16-14-10-6-2/h36-39,43H,5-35H2,1-4H3/t36?,37?,38-,39+.